The van der Waals surface area contributed by atoms with Crippen molar-refractivity contribution in [3.05, 3.63) is 35.8 Å². The highest BCUT2D eigenvalue weighted by Crippen LogP contribution is 2.19. The van der Waals surface area contributed by atoms with Gasteiger partial charge in [0.15, 0.2) is 11.8 Å². The summed E-state index contributed by atoms with van der Waals surface area (Å²) in [5.41, 5.74) is 6.61. The van der Waals surface area contributed by atoms with Gasteiger partial charge in [0.2, 0.25) is 0 Å². The lowest BCUT2D eigenvalue weighted by molar-refractivity contribution is -0.479. The van der Waals surface area contributed by atoms with Crippen molar-refractivity contribution in [3.63, 3.8) is 0 Å². The third-order valence-corrected chi connectivity index (χ3v) is 2.82. The van der Waals surface area contributed by atoms with E-state index in [4.69, 9.17) is 0 Å². The van der Waals surface area contributed by atoms with Crippen molar-refractivity contribution in [2.45, 2.75) is 19.9 Å². The molecule has 0 saturated carbocycles. The van der Waals surface area contributed by atoms with Crippen LogP contribution in [0.1, 0.15) is 13.8 Å². The summed E-state index contributed by atoms with van der Waals surface area (Å²) in [7, 11) is -4.64. The number of nitrogens with one attached hydrogen (secondary N) is 2. The van der Waals surface area contributed by atoms with Crippen molar-refractivity contribution in [1.29, 1.82) is 0 Å². The second kappa shape index (κ2) is 7.14. The normalized spacial score (nSPS) is 20.2. The number of hydrogen-bond donors (Lipinski definition) is 2. The summed E-state index contributed by atoms with van der Waals surface area (Å²) in [6, 6.07) is 0.289. The molecule has 2 rings (SSSR count). The van der Waals surface area contributed by atoms with Gasteiger partial charge in [-0.05, 0) is 0 Å². The summed E-state index contributed by atoms with van der Waals surface area (Å²) < 4.78 is 43.5. The minimum Gasteiger partial charge on any atom is -0.466 e. The maximum absolute atomic E-state index is 11.0. The summed E-state index contributed by atoms with van der Waals surface area (Å²) in [5.74, 6) is -0.375. The predicted octanol–water partition coefficient (Wildman–Crippen LogP) is 0.505. The third kappa shape index (κ3) is 5.62. The molecule has 0 radical (unpaired) electrons. The van der Waals surface area contributed by atoms with Gasteiger partial charge < -0.3 is 27.4 Å². The lowest BCUT2D eigenvalue weighted by Gasteiger charge is -2.21. The standard InChI is InChI=1S/C12H15N3O2.BF4/c1-8-10-6-13-15(5-4-12(16)17-3)7-11(10)9(2)14-8;2-1(3,4)5/h4-7,9,13H,1-3H3;/q;-1/p+1. The molecule has 1 unspecified atom stereocenters. The van der Waals surface area contributed by atoms with E-state index in [2.05, 4.69) is 22.1 Å². The SMILES string of the molecule is COC(=O)C=CN1C=C2C(=CN1)C(C)=[NH+]C2C.F[B-](F)(F)F. The van der Waals surface area contributed by atoms with E-state index in [-0.39, 0.29) is 12.0 Å². The van der Waals surface area contributed by atoms with Crippen LogP contribution in [-0.4, -0.2) is 37.1 Å². The van der Waals surface area contributed by atoms with Crippen LogP contribution in [0.25, 0.3) is 0 Å². The Morgan fingerprint density at radius 2 is 2.05 bits per heavy atom. The first-order valence-electron chi connectivity index (χ1n) is 6.32. The molecule has 0 aromatic carbocycles. The summed E-state index contributed by atoms with van der Waals surface area (Å²) in [6.07, 6.45) is 6.88. The van der Waals surface area contributed by atoms with Crippen molar-refractivity contribution in [2.75, 3.05) is 7.11 Å². The van der Waals surface area contributed by atoms with Crippen molar-refractivity contribution in [3.8, 4) is 0 Å². The average molecular weight is 321 g/mol. The Morgan fingerprint density at radius 3 is 2.59 bits per heavy atom. The maximum atomic E-state index is 11.0. The van der Waals surface area contributed by atoms with E-state index in [1.54, 1.807) is 11.2 Å². The van der Waals surface area contributed by atoms with Gasteiger partial charge in [-0.2, -0.15) is 0 Å². The number of hydrogen-bond acceptors (Lipinski definition) is 4. The predicted molar refractivity (Wildman–Crippen MR) is 73.6 cm³/mol. The molecule has 1 atom stereocenters. The van der Waals surface area contributed by atoms with Crippen LogP contribution in [0.3, 0.4) is 0 Å². The van der Waals surface area contributed by atoms with E-state index in [9.17, 15) is 22.1 Å². The van der Waals surface area contributed by atoms with E-state index in [1.807, 2.05) is 19.3 Å². The number of nitrogens with zero attached hydrogens (tertiary/aromatic N) is 1. The molecule has 0 saturated heterocycles. The number of methoxy groups -OCH3 is 1. The summed E-state index contributed by atoms with van der Waals surface area (Å²) in [4.78, 5) is 14.3. The van der Waals surface area contributed by atoms with Crippen LogP contribution in [0, 0.1) is 0 Å². The average Bonchev–Trinajstić information content (AvgIpc) is 2.69. The van der Waals surface area contributed by atoms with Crippen LogP contribution < -0.4 is 10.4 Å². The van der Waals surface area contributed by atoms with E-state index >= 15 is 0 Å². The van der Waals surface area contributed by atoms with Crippen molar-refractivity contribution >= 4 is 18.9 Å². The van der Waals surface area contributed by atoms with Crippen molar-refractivity contribution < 1.29 is 31.8 Å². The lowest BCUT2D eigenvalue weighted by Crippen LogP contribution is -2.74. The third-order valence-electron chi connectivity index (χ3n) is 2.82. The smallest absolute Gasteiger partial charge is 0.466 e. The van der Waals surface area contributed by atoms with E-state index in [0.29, 0.717) is 0 Å². The van der Waals surface area contributed by atoms with Crippen LogP contribution in [0.5, 0.6) is 0 Å². The van der Waals surface area contributed by atoms with Gasteiger partial charge in [-0.3, -0.25) is 5.01 Å². The van der Waals surface area contributed by atoms with Crippen LogP contribution in [0.4, 0.5) is 17.3 Å². The van der Waals surface area contributed by atoms with Gasteiger partial charge in [0.25, 0.3) is 0 Å². The van der Waals surface area contributed by atoms with E-state index in [0.717, 1.165) is 5.71 Å². The number of carbonyl (C=O) groups excluding carboxylic acids is 1. The van der Waals surface area contributed by atoms with E-state index < -0.39 is 7.25 Å². The van der Waals surface area contributed by atoms with Gasteiger partial charge in [-0.25, -0.2) is 9.79 Å². The lowest BCUT2D eigenvalue weighted by atomic mass is 10.0. The molecule has 0 amide bonds. The first-order chi connectivity index (χ1) is 10.1. The highest BCUT2D eigenvalue weighted by molar-refractivity contribution is 6.50. The monoisotopic (exact) mass is 321 g/mol. The molecule has 0 bridgehead atoms. The van der Waals surface area contributed by atoms with Gasteiger partial charge in [0.1, 0.15) is 0 Å². The molecule has 2 N–H and O–H groups in total. The molecule has 2 aliphatic heterocycles. The number of fused-ring (bicyclic) bond motifs is 1. The topological polar surface area (TPSA) is 55.5 Å². The number of carbonyl (C=O) groups is 1. The molecule has 5 nitrogen and oxygen atoms in total. The number of ether oxygens (including phenoxy) is 1. The second-order valence-corrected chi connectivity index (χ2v) is 4.50. The Labute approximate surface area is 125 Å². The fraction of sp³-hybridized carbons (Fsp3) is 0.333. The summed E-state index contributed by atoms with van der Waals surface area (Å²) in [5, 5.41) is 1.73. The highest BCUT2D eigenvalue weighted by Gasteiger charge is 2.31. The molecule has 0 aromatic rings. The summed E-state index contributed by atoms with van der Waals surface area (Å²) in [6.45, 7) is 4.15. The van der Waals surface area contributed by atoms with Crippen molar-refractivity contribution in [2.24, 2.45) is 0 Å². The zero-order valence-corrected chi connectivity index (χ0v) is 12.2. The zero-order valence-electron chi connectivity index (χ0n) is 12.2. The van der Waals surface area contributed by atoms with Crippen LogP contribution in [-0.2, 0) is 9.53 Å². The fourth-order valence-electron chi connectivity index (χ4n) is 1.92. The molecule has 0 aromatic heterocycles. The van der Waals surface area contributed by atoms with Gasteiger partial charge in [-0.1, -0.05) is 0 Å². The first kappa shape index (κ1) is 17.8. The van der Waals surface area contributed by atoms with Crippen LogP contribution in [0.15, 0.2) is 35.8 Å². The highest BCUT2D eigenvalue weighted by atomic mass is 19.5. The van der Waals surface area contributed by atoms with Gasteiger partial charge >= 0.3 is 13.2 Å². The number of rotatable bonds is 2. The molecule has 0 spiro atoms. The molecular formula is C12H16BF4N3O2. The minimum atomic E-state index is -6.00. The largest absolute Gasteiger partial charge is 0.673 e. The fourth-order valence-corrected chi connectivity index (χ4v) is 1.92. The molecule has 0 fully saturated rings. The number of esters is 1. The molecule has 122 valence electrons. The van der Waals surface area contributed by atoms with E-state index in [1.165, 1.54) is 24.3 Å². The molecule has 2 heterocycles. The molecule has 22 heavy (non-hydrogen) atoms. The van der Waals surface area contributed by atoms with Gasteiger partial charge in [0, 0.05) is 38.5 Å². The second-order valence-electron chi connectivity index (χ2n) is 4.50. The van der Waals surface area contributed by atoms with Gasteiger partial charge in [0.05, 0.1) is 18.3 Å². The first-order valence-corrected chi connectivity index (χ1v) is 6.32. The number of hydrazine groups is 1. The Bertz CT molecular complexity index is 549. The Hall–Kier alpha value is -2.26. The van der Waals surface area contributed by atoms with Crippen LogP contribution >= 0.6 is 0 Å². The number of halogens is 4. The Balaban J connectivity index is 0.000000422. The quantitative estimate of drug-likeness (QED) is 0.337. The molecular weight excluding hydrogens is 305 g/mol. The van der Waals surface area contributed by atoms with Crippen molar-refractivity contribution in [1.82, 2.24) is 10.4 Å². The minimum absolute atomic E-state index is 0.289. The maximum Gasteiger partial charge on any atom is 0.673 e. The Kier molecular flexibility index (Phi) is 5.78. The Morgan fingerprint density at radius 1 is 1.45 bits per heavy atom. The zero-order chi connectivity index (χ0) is 16.9. The van der Waals surface area contributed by atoms with Crippen LogP contribution in [0.2, 0.25) is 0 Å². The molecule has 0 aliphatic carbocycles. The summed E-state index contributed by atoms with van der Waals surface area (Å²) >= 11 is 0. The molecule has 2 aliphatic rings. The molecule has 10 heteroatoms. The van der Waals surface area contributed by atoms with Gasteiger partial charge in [-0.15, -0.1) is 0 Å².